The number of aliphatic hydroxyl groups is 2. The van der Waals surface area contributed by atoms with Crippen molar-refractivity contribution in [2.45, 2.75) is 31.0 Å². The largest absolute Gasteiger partial charge is 0.490 e. The summed E-state index contributed by atoms with van der Waals surface area (Å²) in [4.78, 5) is 43.6. The average molecular weight is 520 g/mol. The van der Waals surface area contributed by atoms with Crippen LogP contribution in [0.15, 0.2) is 18.6 Å². The summed E-state index contributed by atoms with van der Waals surface area (Å²) in [6.07, 6.45) is -1.82. The Balaban J connectivity index is 1.74. The molecule has 1 aliphatic heterocycles. The zero-order valence-electron chi connectivity index (χ0n) is 16.0. The van der Waals surface area contributed by atoms with Crippen molar-refractivity contribution in [1.29, 1.82) is 0 Å². The highest BCUT2D eigenvalue weighted by Gasteiger charge is 2.54. The molecule has 0 aliphatic carbocycles. The third-order valence-corrected chi connectivity index (χ3v) is 8.17. The highest BCUT2D eigenvalue weighted by Crippen LogP contribution is 2.66. The number of nitrogens with two attached hydrogens (primary N) is 1. The van der Waals surface area contributed by atoms with Crippen molar-refractivity contribution >= 4 is 40.3 Å². The Morgan fingerprint density at radius 1 is 1.19 bits per heavy atom. The number of aromatic nitrogens is 3. The van der Waals surface area contributed by atoms with E-state index in [1.165, 1.54) is 30.1 Å². The molecule has 0 amide bonds. The lowest BCUT2D eigenvalue weighted by molar-refractivity contribution is -0.0947. The van der Waals surface area contributed by atoms with Gasteiger partial charge in [0, 0.05) is 6.20 Å². The SMILES string of the molecule is CC1(O)[C@@H](O)[C@@H](COP(=O)(O)OP(=O)(O)OP(=O)(O)O)O[C@H]1n1ccc2c(N)ncnc21. The molecular weight excluding hydrogens is 501 g/mol. The minimum Gasteiger partial charge on any atom is -0.387 e. The quantitative estimate of drug-likeness (QED) is 0.213. The van der Waals surface area contributed by atoms with Gasteiger partial charge in [-0.15, -0.1) is 0 Å². The van der Waals surface area contributed by atoms with E-state index in [9.17, 15) is 28.8 Å². The van der Waals surface area contributed by atoms with Gasteiger partial charge in [0.05, 0.1) is 12.0 Å². The molecular formula is C12H19N4O13P3. The van der Waals surface area contributed by atoms with Crippen LogP contribution in [0.5, 0.6) is 0 Å². The fourth-order valence-electron chi connectivity index (χ4n) is 3.03. The lowest BCUT2D eigenvalue weighted by Gasteiger charge is -2.27. The summed E-state index contributed by atoms with van der Waals surface area (Å²) in [7, 11) is -16.7. The molecule has 20 heteroatoms. The molecule has 1 saturated heterocycles. The van der Waals surface area contributed by atoms with E-state index in [-0.39, 0.29) is 11.5 Å². The molecule has 2 aromatic heterocycles. The van der Waals surface area contributed by atoms with Crippen LogP contribution < -0.4 is 5.73 Å². The topological polar surface area (TPSA) is 266 Å². The van der Waals surface area contributed by atoms with Gasteiger partial charge < -0.3 is 44.8 Å². The predicted octanol–water partition coefficient (Wildman–Crippen LogP) is -0.634. The highest BCUT2D eigenvalue weighted by atomic mass is 31.3. The Morgan fingerprint density at radius 2 is 1.84 bits per heavy atom. The number of aliphatic hydroxyl groups excluding tert-OH is 1. The van der Waals surface area contributed by atoms with Crippen LogP contribution in [-0.2, 0) is 31.6 Å². The molecule has 3 heterocycles. The second-order valence-corrected chi connectivity index (χ2v) is 11.2. The monoisotopic (exact) mass is 520 g/mol. The number of anilines is 1. The van der Waals surface area contributed by atoms with Crippen molar-refractivity contribution in [3.63, 3.8) is 0 Å². The number of hydrogen-bond acceptors (Lipinski definition) is 12. The first kappa shape index (κ1) is 25.3. The number of ether oxygens (including phenoxy) is 1. The second kappa shape index (κ2) is 8.49. The van der Waals surface area contributed by atoms with Gasteiger partial charge in [0.15, 0.2) is 6.23 Å². The van der Waals surface area contributed by atoms with E-state index in [2.05, 4.69) is 23.1 Å². The second-order valence-electron chi connectivity index (χ2n) is 6.80. The Kier molecular flexibility index (Phi) is 6.72. The molecule has 3 rings (SSSR count). The number of rotatable bonds is 8. The zero-order valence-corrected chi connectivity index (χ0v) is 18.7. The fraction of sp³-hybridized carbons (Fsp3) is 0.500. The Bertz CT molecular complexity index is 1150. The summed E-state index contributed by atoms with van der Waals surface area (Å²) < 4.78 is 52.5. The highest BCUT2D eigenvalue weighted by molar-refractivity contribution is 7.66. The van der Waals surface area contributed by atoms with Crippen molar-refractivity contribution in [2.75, 3.05) is 12.3 Å². The van der Waals surface area contributed by atoms with Crippen LogP contribution in [0.1, 0.15) is 13.2 Å². The summed E-state index contributed by atoms with van der Waals surface area (Å²) in [5.41, 5.74) is 4.04. The van der Waals surface area contributed by atoms with Crippen LogP contribution in [0, 0.1) is 0 Å². The summed E-state index contributed by atoms with van der Waals surface area (Å²) in [5, 5.41) is 21.6. The van der Waals surface area contributed by atoms with Crippen molar-refractivity contribution in [1.82, 2.24) is 14.5 Å². The number of phosphoric ester groups is 1. The van der Waals surface area contributed by atoms with E-state index in [0.29, 0.717) is 5.39 Å². The van der Waals surface area contributed by atoms with Gasteiger partial charge in [-0.3, -0.25) is 4.52 Å². The van der Waals surface area contributed by atoms with Gasteiger partial charge in [-0.2, -0.15) is 8.62 Å². The van der Waals surface area contributed by atoms with Gasteiger partial charge >= 0.3 is 23.5 Å². The molecule has 180 valence electrons. The van der Waals surface area contributed by atoms with E-state index < -0.39 is 54.1 Å². The molecule has 0 saturated carbocycles. The Labute approximate surface area is 178 Å². The van der Waals surface area contributed by atoms with Crippen LogP contribution in [-0.4, -0.2) is 68.7 Å². The molecule has 1 aliphatic rings. The van der Waals surface area contributed by atoms with E-state index in [0.717, 1.165) is 0 Å². The third-order valence-electron chi connectivity index (χ3n) is 4.37. The molecule has 6 atom stereocenters. The first-order valence-electron chi connectivity index (χ1n) is 8.44. The smallest absolute Gasteiger partial charge is 0.387 e. The molecule has 1 fully saturated rings. The summed E-state index contributed by atoms with van der Waals surface area (Å²) in [6.45, 7) is 0.261. The maximum Gasteiger partial charge on any atom is 0.490 e. The maximum atomic E-state index is 11.9. The van der Waals surface area contributed by atoms with Crippen LogP contribution in [0.25, 0.3) is 11.0 Å². The average Bonchev–Trinajstić information content (AvgIpc) is 3.11. The molecule has 2 aromatic rings. The van der Waals surface area contributed by atoms with Gasteiger partial charge in [0.1, 0.15) is 35.6 Å². The lowest BCUT2D eigenvalue weighted by atomic mass is 9.96. The van der Waals surface area contributed by atoms with Crippen molar-refractivity contribution in [2.24, 2.45) is 0 Å². The Hall–Kier alpha value is -1.29. The molecule has 3 unspecified atom stereocenters. The number of nitrogens with zero attached hydrogens (tertiary/aromatic N) is 3. The Morgan fingerprint density at radius 3 is 2.47 bits per heavy atom. The van der Waals surface area contributed by atoms with Gasteiger partial charge in [-0.05, 0) is 13.0 Å². The minimum atomic E-state index is -5.71. The number of hydrogen-bond donors (Lipinski definition) is 7. The lowest BCUT2D eigenvalue weighted by Crippen LogP contribution is -2.44. The van der Waals surface area contributed by atoms with Crippen LogP contribution in [0.4, 0.5) is 5.82 Å². The van der Waals surface area contributed by atoms with Gasteiger partial charge in [-0.25, -0.2) is 23.7 Å². The standard InChI is InChI=1S/C12H19N4O13P3/c1-12(18)8(17)7(4-26-31(22,23)29-32(24,25)28-30(19,20)21)27-11(12)16-3-2-6-9(13)14-5-15-10(6)16/h2-3,5,7-8,11,17-18H,4H2,1H3,(H,22,23)(H,24,25)(H2,13,14,15)(H2,19,20,21)/t7-,8+,11-,12?/m1/s1. The van der Waals surface area contributed by atoms with E-state index in [1.54, 1.807) is 0 Å². The first-order chi connectivity index (χ1) is 14.5. The number of nitrogen functional groups attached to an aromatic ring is 1. The van der Waals surface area contributed by atoms with Crippen molar-refractivity contribution < 1.29 is 61.4 Å². The number of phosphoric acid groups is 3. The van der Waals surface area contributed by atoms with E-state index in [1.807, 2.05) is 0 Å². The van der Waals surface area contributed by atoms with Crippen molar-refractivity contribution in [3.05, 3.63) is 18.6 Å². The van der Waals surface area contributed by atoms with Gasteiger partial charge in [0.2, 0.25) is 0 Å². The van der Waals surface area contributed by atoms with Crippen molar-refractivity contribution in [3.8, 4) is 0 Å². The zero-order chi connectivity index (χ0) is 24.1. The van der Waals surface area contributed by atoms with E-state index in [4.69, 9.17) is 25.2 Å². The maximum absolute atomic E-state index is 11.9. The molecule has 8 N–H and O–H groups in total. The normalized spacial score (nSPS) is 30.3. The first-order valence-corrected chi connectivity index (χ1v) is 13.0. The summed E-state index contributed by atoms with van der Waals surface area (Å²) in [5.74, 6) is 0.149. The molecule has 0 aromatic carbocycles. The number of fused-ring (bicyclic) bond motifs is 1. The van der Waals surface area contributed by atoms with Gasteiger partial charge in [-0.1, -0.05) is 0 Å². The van der Waals surface area contributed by atoms with E-state index >= 15 is 0 Å². The van der Waals surface area contributed by atoms with Crippen LogP contribution >= 0.6 is 23.5 Å². The molecule has 0 spiro atoms. The fourth-order valence-corrected chi connectivity index (χ4v) is 6.06. The molecule has 32 heavy (non-hydrogen) atoms. The summed E-state index contributed by atoms with van der Waals surface area (Å²) in [6, 6.07) is 1.54. The van der Waals surface area contributed by atoms with Crippen LogP contribution in [0.3, 0.4) is 0 Å². The van der Waals surface area contributed by atoms with Gasteiger partial charge in [0.25, 0.3) is 0 Å². The third kappa shape index (κ3) is 5.43. The van der Waals surface area contributed by atoms with Crippen LogP contribution in [0.2, 0.25) is 0 Å². The summed E-state index contributed by atoms with van der Waals surface area (Å²) >= 11 is 0. The predicted molar refractivity (Wildman–Crippen MR) is 102 cm³/mol. The molecule has 0 radical (unpaired) electrons. The minimum absolute atomic E-state index is 0.149. The molecule has 0 bridgehead atoms. The molecule has 17 nitrogen and oxygen atoms in total.